The molecule has 0 heterocycles. The molecule has 0 atom stereocenters. The van der Waals surface area contributed by atoms with Gasteiger partial charge in [0.15, 0.2) is 5.57 Å². The van der Waals surface area contributed by atoms with Crippen LogP contribution in [0.2, 0.25) is 5.02 Å². The van der Waals surface area contributed by atoms with E-state index in [-0.39, 0.29) is 11.3 Å². The van der Waals surface area contributed by atoms with Crippen LogP contribution in [0.4, 0.5) is 5.69 Å². The maximum atomic E-state index is 11.5. The van der Waals surface area contributed by atoms with Gasteiger partial charge in [-0.2, -0.15) is 5.26 Å². The number of nitriles is 1. The Bertz CT molecular complexity index is 485. The lowest BCUT2D eigenvalue weighted by atomic mass is 10.2. The Labute approximate surface area is 97.8 Å². The molecule has 0 aromatic heterocycles. The number of anilines is 1. The average molecular weight is 237 g/mol. The number of carbonyl (C=O) groups excluding carboxylic acids is 1. The monoisotopic (exact) mass is 236 g/mol. The molecule has 0 saturated heterocycles. The molecule has 1 amide bonds. The van der Waals surface area contributed by atoms with Crippen LogP contribution in [-0.4, -0.2) is 11.0 Å². The summed E-state index contributed by atoms with van der Waals surface area (Å²) in [6, 6.07) is 8.24. The molecular formula is C11H9ClN2O2. The van der Waals surface area contributed by atoms with Crippen LogP contribution in [0.1, 0.15) is 6.92 Å². The highest BCUT2D eigenvalue weighted by molar-refractivity contribution is 6.33. The standard InChI is InChI=1S/C11H9ClN2O2/c1-7(15)8(6-13)11(16)14-10-5-3-2-4-9(10)12/h2-5,15H,1H3,(H,14,16)/b8-7+. The van der Waals surface area contributed by atoms with Crippen LogP contribution in [0.15, 0.2) is 35.6 Å². The highest BCUT2D eigenvalue weighted by Gasteiger charge is 2.13. The van der Waals surface area contributed by atoms with Gasteiger partial charge in [-0.05, 0) is 19.1 Å². The Morgan fingerprint density at radius 1 is 1.50 bits per heavy atom. The number of para-hydroxylation sites is 1. The van der Waals surface area contributed by atoms with Crippen molar-refractivity contribution < 1.29 is 9.90 Å². The number of aliphatic hydroxyl groups excluding tert-OH is 1. The number of hydrogen-bond donors (Lipinski definition) is 2. The van der Waals surface area contributed by atoms with Crippen molar-refractivity contribution in [1.29, 1.82) is 5.26 Å². The molecule has 16 heavy (non-hydrogen) atoms. The van der Waals surface area contributed by atoms with E-state index in [9.17, 15) is 4.79 Å². The zero-order valence-corrected chi connectivity index (χ0v) is 9.25. The smallest absolute Gasteiger partial charge is 0.269 e. The fourth-order valence-corrected chi connectivity index (χ4v) is 1.23. The zero-order chi connectivity index (χ0) is 12.1. The summed E-state index contributed by atoms with van der Waals surface area (Å²) in [6.45, 7) is 1.27. The van der Waals surface area contributed by atoms with Crippen LogP contribution in [0.5, 0.6) is 0 Å². The minimum atomic E-state index is -0.685. The molecule has 0 unspecified atom stereocenters. The average Bonchev–Trinajstić information content (AvgIpc) is 2.22. The summed E-state index contributed by atoms with van der Waals surface area (Å²) in [5, 5.41) is 20.5. The minimum absolute atomic E-state index is 0.327. The van der Waals surface area contributed by atoms with E-state index in [0.717, 1.165) is 0 Å². The quantitative estimate of drug-likeness (QED) is 0.471. The summed E-state index contributed by atoms with van der Waals surface area (Å²) in [7, 11) is 0. The summed E-state index contributed by atoms with van der Waals surface area (Å²) >= 11 is 5.82. The molecule has 0 radical (unpaired) electrons. The van der Waals surface area contributed by atoms with Crippen LogP contribution in [0.25, 0.3) is 0 Å². The van der Waals surface area contributed by atoms with Crippen LogP contribution < -0.4 is 5.32 Å². The number of amides is 1. The van der Waals surface area contributed by atoms with Gasteiger partial charge < -0.3 is 10.4 Å². The van der Waals surface area contributed by atoms with Crippen molar-refractivity contribution in [3.8, 4) is 6.07 Å². The van der Waals surface area contributed by atoms with Crippen LogP contribution in [0, 0.1) is 11.3 Å². The molecule has 1 aromatic carbocycles. The van der Waals surface area contributed by atoms with Crippen LogP contribution in [-0.2, 0) is 4.79 Å². The third-order valence-corrected chi connectivity index (χ3v) is 2.15. The lowest BCUT2D eigenvalue weighted by Gasteiger charge is -2.06. The molecule has 0 fully saturated rings. The van der Waals surface area contributed by atoms with Crippen molar-refractivity contribution in [2.45, 2.75) is 6.92 Å². The maximum Gasteiger partial charge on any atom is 0.269 e. The predicted molar refractivity (Wildman–Crippen MR) is 61.0 cm³/mol. The summed E-state index contributed by atoms with van der Waals surface area (Å²) in [4.78, 5) is 11.5. The van der Waals surface area contributed by atoms with E-state index in [4.69, 9.17) is 22.0 Å². The second-order valence-corrected chi connectivity index (χ2v) is 3.41. The van der Waals surface area contributed by atoms with E-state index in [1.807, 2.05) is 0 Å². The molecule has 5 heteroatoms. The summed E-state index contributed by atoms with van der Waals surface area (Å²) in [5.74, 6) is -1.01. The van der Waals surface area contributed by atoms with Crippen molar-refractivity contribution in [1.82, 2.24) is 0 Å². The highest BCUT2D eigenvalue weighted by atomic mass is 35.5. The molecule has 82 valence electrons. The van der Waals surface area contributed by atoms with Gasteiger partial charge in [0, 0.05) is 0 Å². The summed E-state index contributed by atoms with van der Waals surface area (Å²) in [6.07, 6.45) is 0. The first-order valence-electron chi connectivity index (χ1n) is 4.42. The third kappa shape index (κ3) is 2.75. The van der Waals surface area contributed by atoms with Gasteiger partial charge in [0.25, 0.3) is 5.91 Å². The topological polar surface area (TPSA) is 73.1 Å². The molecule has 0 aliphatic rings. The number of nitrogens with one attached hydrogen (secondary N) is 1. The number of rotatable bonds is 2. The van der Waals surface area contributed by atoms with E-state index in [1.165, 1.54) is 6.92 Å². The van der Waals surface area contributed by atoms with Gasteiger partial charge in [-0.1, -0.05) is 23.7 Å². The Kier molecular flexibility index (Phi) is 3.92. The number of carbonyl (C=O) groups is 1. The first-order valence-corrected chi connectivity index (χ1v) is 4.80. The van der Waals surface area contributed by atoms with Gasteiger partial charge in [0.2, 0.25) is 0 Å². The van der Waals surface area contributed by atoms with Gasteiger partial charge >= 0.3 is 0 Å². The molecule has 1 rings (SSSR count). The number of allylic oxidation sites excluding steroid dienone is 1. The zero-order valence-electron chi connectivity index (χ0n) is 8.49. The highest BCUT2D eigenvalue weighted by Crippen LogP contribution is 2.21. The molecule has 0 spiro atoms. The number of nitrogens with zero attached hydrogens (tertiary/aromatic N) is 1. The maximum absolute atomic E-state index is 11.5. The Morgan fingerprint density at radius 2 is 2.12 bits per heavy atom. The van der Waals surface area contributed by atoms with E-state index >= 15 is 0 Å². The van der Waals surface area contributed by atoms with Crippen molar-refractivity contribution in [2.24, 2.45) is 0 Å². The fourth-order valence-electron chi connectivity index (χ4n) is 1.04. The number of benzene rings is 1. The molecule has 0 aliphatic carbocycles. The molecule has 0 saturated carbocycles. The molecule has 0 aliphatic heterocycles. The first-order chi connectivity index (χ1) is 7.56. The van der Waals surface area contributed by atoms with E-state index in [0.29, 0.717) is 10.7 Å². The molecule has 2 N–H and O–H groups in total. The van der Waals surface area contributed by atoms with Crippen LogP contribution >= 0.6 is 11.6 Å². The van der Waals surface area contributed by atoms with Gasteiger partial charge in [-0.15, -0.1) is 0 Å². The Balaban J connectivity index is 2.93. The van der Waals surface area contributed by atoms with E-state index in [2.05, 4.69) is 5.32 Å². The third-order valence-electron chi connectivity index (χ3n) is 1.82. The van der Waals surface area contributed by atoms with Crippen LogP contribution in [0.3, 0.4) is 0 Å². The lowest BCUT2D eigenvalue weighted by Crippen LogP contribution is -2.15. The number of hydrogen-bond acceptors (Lipinski definition) is 3. The van der Waals surface area contributed by atoms with Gasteiger partial charge in [-0.3, -0.25) is 4.79 Å². The SMILES string of the molecule is C/C(O)=C(/C#N)C(=O)Nc1ccccc1Cl. The van der Waals surface area contributed by atoms with Crippen molar-refractivity contribution in [3.05, 3.63) is 40.6 Å². The van der Waals surface area contributed by atoms with Crippen molar-refractivity contribution in [3.63, 3.8) is 0 Å². The largest absolute Gasteiger partial charge is 0.511 e. The van der Waals surface area contributed by atoms with Gasteiger partial charge in [0.1, 0.15) is 11.8 Å². The molecule has 0 bridgehead atoms. The molecule has 1 aromatic rings. The first kappa shape index (κ1) is 12.1. The molecular weight excluding hydrogens is 228 g/mol. The van der Waals surface area contributed by atoms with E-state index in [1.54, 1.807) is 30.3 Å². The number of halogens is 1. The normalized spacial score (nSPS) is 11.3. The number of aliphatic hydroxyl groups is 1. The van der Waals surface area contributed by atoms with Gasteiger partial charge in [0.05, 0.1) is 10.7 Å². The van der Waals surface area contributed by atoms with Gasteiger partial charge in [-0.25, -0.2) is 0 Å². The second-order valence-electron chi connectivity index (χ2n) is 3.01. The Morgan fingerprint density at radius 3 is 2.62 bits per heavy atom. The Hall–Kier alpha value is -1.99. The summed E-state index contributed by atoms with van der Waals surface area (Å²) < 4.78 is 0. The van der Waals surface area contributed by atoms with Crippen molar-refractivity contribution >= 4 is 23.2 Å². The summed E-state index contributed by atoms with van der Waals surface area (Å²) in [5.41, 5.74) is 0.0584. The predicted octanol–water partition coefficient (Wildman–Crippen LogP) is 2.63. The minimum Gasteiger partial charge on any atom is -0.511 e. The lowest BCUT2D eigenvalue weighted by molar-refractivity contribution is -0.112. The second kappa shape index (κ2) is 5.19. The van der Waals surface area contributed by atoms with E-state index < -0.39 is 5.91 Å². The van der Waals surface area contributed by atoms with Crippen molar-refractivity contribution in [2.75, 3.05) is 5.32 Å². The fraction of sp³-hybridized carbons (Fsp3) is 0.0909. The molecule has 4 nitrogen and oxygen atoms in total.